The lowest BCUT2D eigenvalue weighted by Gasteiger charge is -2.24. The van der Waals surface area contributed by atoms with Gasteiger partial charge in [0.25, 0.3) is 5.91 Å². The SMILES string of the molecule is CCCC1CCCN1C(=O)c1ccc(-c2cccc3cccnc23)cc1. The Bertz CT molecular complexity index is 912. The summed E-state index contributed by atoms with van der Waals surface area (Å²) in [4.78, 5) is 19.5. The zero-order valence-electron chi connectivity index (χ0n) is 15.2. The Morgan fingerprint density at radius 2 is 1.92 bits per heavy atom. The highest BCUT2D eigenvalue weighted by molar-refractivity contribution is 5.97. The van der Waals surface area contributed by atoms with Crippen LogP contribution in [0.5, 0.6) is 0 Å². The van der Waals surface area contributed by atoms with Crippen molar-refractivity contribution in [2.45, 2.75) is 38.6 Å². The van der Waals surface area contributed by atoms with Gasteiger partial charge in [-0.05, 0) is 43.0 Å². The van der Waals surface area contributed by atoms with Crippen molar-refractivity contribution in [1.82, 2.24) is 9.88 Å². The molecule has 3 heteroatoms. The second kappa shape index (κ2) is 7.28. The van der Waals surface area contributed by atoms with E-state index in [4.69, 9.17) is 0 Å². The third kappa shape index (κ3) is 3.10. The third-order valence-electron chi connectivity index (χ3n) is 5.34. The van der Waals surface area contributed by atoms with Gasteiger partial charge in [-0.3, -0.25) is 9.78 Å². The number of fused-ring (bicyclic) bond motifs is 1. The first-order valence-electron chi connectivity index (χ1n) is 9.53. The lowest BCUT2D eigenvalue weighted by Crippen LogP contribution is -2.35. The largest absolute Gasteiger partial charge is 0.336 e. The highest BCUT2D eigenvalue weighted by atomic mass is 16.2. The van der Waals surface area contributed by atoms with Gasteiger partial charge in [-0.2, -0.15) is 0 Å². The molecule has 1 amide bonds. The van der Waals surface area contributed by atoms with E-state index in [0.29, 0.717) is 6.04 Å². The second-order valence-corrected chi connectivity index (χ2v) is 7.04. The van der Waals surface area contributed by atoms with Crippen LogP contribution < -0.4 is 0 Å². The predicted molar refractivity (Wildman–Crippen MR) is 106 cm³/mol. The van der Waals surface area contributed by atoms with Crippen LogP contribution in [0.3, 0.4) is 0 Å². The first kappa shape index (κ1) is 16.8. The number of nitrogens with zero attached hydrogens (tertiary/aromatic N) is 2. The van der Waals surface area contributed by atoms with E-state index in [1.54, 1.807) is 0 Å². The van der Waals surface area contributed by atoms with E-state index >= 15 is 0 Å². The quantitative estimate of drug-likeness (QED) is 0.643. The van der Waals surface area contributed by atoms with Gasteiger partial charge in [0, 0.05) is 35.3 Å². The minimum Gasteiger partial charge on any atom is -0.336 e. The van der Waals surface area contributed by atoms with Crippen LogP contribution in [0.4, 0.5) is 0 Å². The Morgan fingerprint density at radius 1 is 1.12 bits per heavy atom. The molecule has 3 aromatic rings. The molecule has 0 spiro atoms. The molecular formula is C23H24N2O. The van der Waals surface area contributed by atoms with Crippen molar-refractivity contribution in [3.63, 3.8) is 0 Å². The Hall–Kier alpha value is -2.68. The first-order valence-corrected chi connectivity index (χ1v) is 9.53. The normalized spacial score (nSPS) is 17.0. The molecule has 0 radical (unpaired) electrons. The fourth-order valence-electron chi connectivity index (χ4n) is 4.03. The number of hydrogen-bond acceptors (Lipinski definition) is 2. The monoisotopic (exact) mass is 344 g/mol. The molecule has 26 heavy (non-hydrogen) atoms. The van der Waals surface area contributed by atoms with Crippen LogP contribution in [0.25, 0.3) is 22.0 Å². The molecule has 1 saturated heterocycles. The first-order chi connectivity index (χ1) is 12.8. The van der Waals surface area contributed by atoms with Gasteiger partial charge in [0.05, 0.1) is 5.52 Å². The molecule has 1 aromatic heterocycles. The molecule has 1 atom stereocenters. The van der Waals surface area contributed by atoms with Crippen molar-refractivity contribution in [3.05, 3.63) is 66.4 Å². The average Bonchev–Trinajstić information content (AvgIpc) is 3.16. The Kier molecular flexibility index (Phi) is 4.70. The Balaban J connectivity index is 1.61. The Morgan fingerprint density at radius 3 is 2.73 bits per heavy atom. The van der Waals surface area contributed by atoms with E-state index in [1.165, 1.54) is 0 Å². The molecule has 4 rings (SSSR count). The van der Waals surface area contributed by atoms with Crippen LogP contribution in [-0.4, -0.2) is 28.4 Å². The van der Waals surface area contributed by atoms with Crippen LogP contribution >= 0.6 is 0 Å². The molecule has 0 N–H and O–H groups in total. The van der Waals surface area contributed by atoms with E-state index in [1.807, 2.05) is 36.5 Å². The summed E-state index contributed by atoms with van der Waals surface area (Å²) in [5, 5.41) is 1.13. The summed E-state index contributed by atoms with van der Waals surface area (Å²) in [6, 6.07) is 18.7. The van der Waals surface area contributed by atoms with E-state index < -0.39 is 0 Å². The van der Waals surface area contributed by atoms with Crippen LogP contribution in [0.1, 0.15) is 43.0 Å². The minimum atomic E-state index is 0.170. The van der Waals surface area contributed by atoms with Gasteiger partial charge in [-0.15, -0.1) is 0 Å². The molecule has 1 aliphatic heterocycles. The van der Waals surface area contributed by atoms with Crippen LogP contribution in [-0.2, 0) is 0 Å². The van der Waals surface area contributed by atoms with Crippen molar-refractivity contribution in [2.75, 3.05) is 6.54 Å². The van der Waals surface area contributed by atoms with Gasteiger partial charge in [0.15, 0.2) is 0 Å². The standard InChI is InChI=1S/C23H24N2O/c1-2-6-20-9-5-16-25(20)23(26)19-13-11-17(12-14-19)21-10-3-7-18-8-4-15-24-22(18)21/h3-4,7-8,10-15,20H,2,5-6,9,16H2,1H3. The van der Waals surface area contributed by atoms with Crippen molar-refractivity contribution in [2.24, 2.45) is 0 Å². The maximum atomic E-state index is 12.9. The summed E-state index contributed by atoms with van der Waals surface area (Å²) in [6.45, 7) is 3.08. The summed E-state index contributed by atoms with van der Waals surface area (Å²) in [5.74, 6) is 0.170. The number of benzene rings is 2. The van der Waals surface area contributed by atoms with E-state index in [-0.39, 0.29) is 5.91 Å². The molecular weight excluding hydrogens is 320 g/mol. The molecule has 0 bridgehead atoms. The number of rotatable bonds is 4. The molecule has 132 valence electrons. The van der Waals surface area contributed by atoms with E-state index in [0.717, 1.165) is 59.8 Å². The van der Waals surface area contributed by atoms with Gasteiger partial charge in [0.1, 0.15) is 0 Å². The minimum absolute atomic E-state index is 0.170. The van der Waals surface area contributed by atoms with E-state index in [9.17, 15) is 4.79 Å². The average molecular weight is 344 g/mol. The zero-order valence-corrected chi connectivity index (χ0v) is 15.2. The fraction of sp³-hybridized carbons (Fsp3) is 0.304. The van der Waals surface area contributed by atoms with Gasteiger partial charge < -0.3 is 4.90 Å². The second-order valence-electron chi connectivity index (χ2n) is 7.04. The predicted octanol–water partition coefficient (Wildman–Crippen LogP) is 5.31. The molecule has 0 saturated carbocycles. The molecule has 1 fully saturated rings. The fourth-order valence-corrected chi connectivity index (χ4v) is 4.03. The number of aromatic nitrogens is 1. The van der Waals surface area contributed by atoms with Crippen molar-refractivity contribution >= 4 is 16.8 Å². The number of carbonyl (C=O) groups excluding carboxylic acids is 1. The molecule has 1 unspecified atom stereocenters. The summed E-state index contributed by atoms with van der Waals surface area (Å²) in [6.07, 6.45) is 6.31. The topological polar surface area (TPSA) is 33.2 Å². The van der Waals surface area contributed by atoms with Gasteiger partial charge in [-0.1, -0.05) is 49.7 Å². The lowest BCUT2D eigenvalue weighted by molar-refractivity contribution is 0.0730. The lowest BCUT2D eigenvalue weighted by atomic mass is 10.0. The molecule has 2 heterocycles. The molecule has 3 nitrogen and oxygen atoms in total. The number of hydrogen-bond donors (Lipinski definition) is 0. The highest BCUT2D eigenvalue weighted by Crippen LogP contribution is 2.28. The van der Waals surface area contributed by atoms with Gasteiger partial charge in [-0.25, -0.2) is 0 Å². The van der Waals surface area contributed by atoms with Gasteiger partial charge >= 0.3 is 0 Å². The zero-order chi connectivity index (χ0) is 17.9. The van der Waals surface area contributed by atoms with E-state index in [2.05, 4.69) is 41.1 Å². The molecule has 1 aliphatic rings. The molecule has 2 aromatic carbocycles. The maximum absolute atomic E-state index is 12.9. The third-order valence-corrected chi connectivity index (χ3v) is 5.34. The number of pyridine rings is 1. The van der Waals surface area contributed by atoms with Crippen LogP contribution in [0.2, 0.25) is 0 Å². The summed E-state index contributed by atoms with van der Waals surface area (Å²) < 4.78 is 0. The highest BCUT2D eigenvalue weighted by Gasteiger charge is 2.28. The number of likely N-dealkylation sites (tertiary alicyclic amines) is 1. The van der Waals surface area contributed by atoms with Gasteiger partial charge in [0.2, 0.25) is 0 Å². The number of amides is 1. The van der Waals surface area contributed by atoms with Crippen molar-refractivity contribution in [1.29, 1.82) is 0 Å². The van der Waals surface area contributed by atoms with Crippen LogP contribution in [0, 0.1) is 0 Å². The maximum Gasteiger partial charge on any atom is 0.254 e. The van der Waals surface area contributed by atoms with Crippen molar-refractivity contribution in [3.8, 4) is 11.1 Å². The number of para-hydroxylation sites is 1. The Labute approximate surface area is 154 Å². The number of carbonyl (C=O) groups is 1. The summed E-state index contributed by atoms with van der Waals surface area (Å²) in [5.41, 5.74) is 3.98. The smallest absolute Gasteiger partial charge is 0.254 e. The molecule has 0 aliphatic carbocycles. The summed E-state index contributed by atoms with van der Waals surface area (Å²) in [7, 11) is 0. The van der Waals surface area contributed by atoms with Crippen LogP contribution in [0.15, 0.2) is 60.8 Å². The van der Waals surface area contributed by atoms with Crippen molar-refractivity contribution < 1.29 is 4.79 Å². The summed E-state index contributed by atoms with van der Waals surface area (Å²) >= 11 is 0.